The second-order valence-electron chi connectivity index (χ2n) is 7.19. The Labute approximate surface area is 174 Å². The fourth-order valence-electron chi connectivity index (χ4n) is 3.32. The number of nitrogens with zero attached hydrogens (tertiary/aromatic N) is 4. The fraction of sp³-hybridized carbons (Fsp3) is 0.333. The summed E-state index contributed by atoms with van der Waals surface area (Å²) in [5.74, 6) is 0.363. The van der Waals surface area contributed by atoms with Crippen molar-refractivity contribution in [3.63, 3.8) is 0 Å². The largest absolute Gasteiger partial charge is 0.297 e. The van der Waals surface area contributed by atoms with Gasteiger partial charge in [-0.15, -0.1) is 11.8 Å². The third-order valence-electron chi connectivity index (χ3n) is 4.88. The van der Waals surface area contributed by atoms with Gasteiger partial charge in [-0.3, -0.25) is 9.47 Å². The Morgan fingerprint density at radius 1 is 1.18 bits per heavy atom. The predicted molar refractivity (Wildman–Crippen MR) is 114 cm³/mol. The maximum atomic E-state index is 14.4. The number of benzene rings is 2. The first kappa shape index (κ1) is 19.4. The number of halogens is 1. The molecule has 28 heavy (non-hydrogen) atoms. The molecule has 1 aliphatic carbocycles. The van der Waals surface area contributed by atoms with E-state index in [1.54, 1.807) is 23.9 Å². The quantitative estimate of drug-likeness (QED) is 0.384. The lowest BCUT2D eigenvalue weighted by Crippen LogP contribution is -2.22. The second kappa shape index (κ2) is 8.19. The molecule has 4 rings (SSSR count). The summed E-state index contributed by atoms with van der Waals surface area (Å²) in [7, 11) is 2.04. The SMILES string of the molecule is CSc1ccc(CN(C)Cn2nc(-c3ccccc3F)n(C3CC3)c2=S)cc1. The fourth-order valence-corrected chi connectivity index (χ4v) is 4.06. The molecule has 0 spiro atoms. The van der Waals surface area contributed by atoms with Crippen molar-refractivity contribution in [1.29, 1.82) is 0 Å². The van der Waals surface area contributed by atoms with Crippen molar-refractivity contribution >= 4 is 24.0 Å². The number of aromatic nitrogens is 3. The van der Waals surface area contributed by atoms with Crippen molar-refractivity contribution in [2.75, 3.05) is 13.3 Å². The van der Waals surface area contributed by atoms with Gasteiger partial charge in [-0.2, -0.15) is 5.10 Å². The van der Waals surface area contributed by atoms with E-state index in [0.717, 1.165) is 19.4 Å². The van der Waals surface area contributed by atoms with Gasteiger partial charge >= 0.3 is 0 Å². The highest BCUT2D eigenvalue weighted by molar-refractivity contribution is 7.98. The zero-order valence-electron chi connectivity index (χ0n) is 16.0. The Morgan fingerprint density at radius 3 is 2.54 bits per heavy atom. The molecule has 4 nitrogen and oxygen atoms in total. The first-order valence-corrected chi connectivity index (χ1v) is 11.0. The zero-order valence-corrected chi connectivity index (χ0v) is 17.6. The van der Waals surface area contributed by atoms with Crippen molar-refractivity contribution in [2.24, 2.45) is 0 Å². The standard InChI is InChI=1S/C21H23FN4S2/c1-24(13-15-7-11-17(28-2)12-8-15)14-25-21(27)26(16-9-10-16)20(23-25)18-5-3-4-6-19(18)22/h3-8,11-12,16H,9-10,13-14H2,1-2H3. The number of hydrogen-bond donors (Lipinski definition) is 0. The van der Waals surface area contributed by atoms with Crippen molar-refractivity contribution in [2.45, 2.75) is 37.0 Å². The van der Waals surface area contributed by atoms with E-state index in [0.29, 0.717) is 28.9 Å². The maximum Gasteiger partial charge on any atom is 0.199 e. The molecular weight excluding hydrogens is 391 g/mol. The second-order valence-corrected chi connectivity index (χ2v) is 8.44. The Bertz CT molecular complexity index is 1020. The first-order valence-electron chi connectivity index (χ1n) is 9.32. The van der Waals surface area contributed by atoms with E-state index in [1.807, 2.05) is 22.4 Å². The van der Waals surface area contributed by atoms with Gasteiger partial charge in [0.25, 0.3) is 0 Å². The minimum atomic E-state index is -0.265. The average molecular weight is 415 g/mol. The lowest BCUT2D eigenvalue weighted by molar-refractivity contribution is 0.244. The lowest BCUT2D eigenvalue weighted by atomic mass is 10.2. The van der Waals surface area contributed by atoms with Crippen molar-refractivity contribution in [3.8, 4) is 11.4 Å². The van der Waals surface area contributed by atoms with Crippen molar-refractivity contribution < 1.29 is 4.39 Å². The van der Waals surface area contributed by atoms with Gasteiger partial charge in [0.1, 0.15) is 5.82 Å². The van der Waals surface area contributed by atoms with Gasteiger partial charge < -0.3 is 0 Å². The van der Waals surface area contributed by atoms with Gasteiger partial charge in [0.15, 0.2) is 10.6 Å². The number of thioether (sulfide) groups is 1. The molecule has 0 bridgehead atoms. The molecule has 0 saturated heterocycles. The molecular formula is C21H23FN4S2. The van der Waals surface area contributed by atoms with Crippen LogP contribution in [0.15, 0.2) is 53.4 Å². The molecule has 3 aromatic rings. The van der Waals surface area contributed by atoms with E-state index in [1.165, 1.54) is 16.5 Å². The Hall–Kier alpha value is -1.96. The molecule has 0 unspecified atom stereocenters. The predicted octanol–water partition coefficient (Wildman–Crippen LogP) is 5.37. The highest BCUT2D eigenvalue weighted by Crippen LogP contribution is 2.39. The van der Waals surface area contributed by atoms with Gasteiger partial charge in [0.05, 0.1) is 12.2 Å². The van der Waals surface area contributed by atoms with Crippen molar-refractivity contribution in [3.05, 3.63) is 64.7 Å². The monoisotopic (exact) mass is 414 g/mol. The van der Waals surface area contributed by atoms with Gasteiger partial charge in [-0.1, -0.05) is 24.3 Å². The van der Waals surface area contributed by atoms with Crippen LogP contribution < -0.4 is 0 Å². The molecule has 1 aliphatic rings. The van der Waals surface area contributed by atoms with Gasteiger partial charge in [-0.05, 0) is 68.2 Å². The Morgan fingerprint density at radius 2 is 1.89 bits per heavy atom. The highest BCUT2D eigenvalue weighted by Gasteiger charge is 2.30. The van der Waals surface area contributed by atoms with Crippen LogP contribution in [-0.4, -0.2) is 32.6 Å². The van der Waals surface area contributed by atoms with Crippen LogP contribution >= 0.6 is 24.0 Å². The molecule has 0 N–H and O–H groups in total. The summed E-state index contributed by atoms with van der Waals surface area (Å²) < 4.78 is 18.9. The van der Waals surface area contributed by atoms with Crippen LogP contribution in [0.25, 0.3) is 11.4 Å². The van der Waals surface area contributed by atoms with E-state index < -0.39 is 0 Å². The molecule has 146 valence electrons. The Balaban J connectivity index is 1.58. The molecule has 7 heteroatoms. The third-order valence-corrected chi connectivity index (χ3v) is 6.04. The molecule has 0 atom stereocenters. The summed E-state index contributed by atoms with van der Waals surface area (Å²) in [6, 6.07) is 15.7. The summed E-state index contributed by atoms with van der Waals surface area (Å²) >= 11 is 7.44. The topological polar surface area (TPSA) is 26.0 Å². The molecule has 0 radical (unpaired) electrons. The van der Waals surface area contributed by atoms with E-state index >= 15 is 0 Å². The summed E-state index contributed by atoms with van der Waals surface area (Å²) in [6.07, 6.45) is 4.21. The molecule has 1 fully saturated rings. The molecule has 1 aromatic heterocycles. The Kier molecular flexibility index (Phi) is 5.66. The molecule has 0 aliphatic heterocycles. The molecule has 0 amide bonds. The van der Waals surface area contributed by atoms with Gasteiger partial charge in [0, 0.05) is 17.5 Å². The normalized spacial score (nSPS) is 14.0. The van der Waals surface area contributed by atoms with Crippen LogP contribution in [0.2, 0.25) is 0 Å². The van der Waals surface area contributed by atoms with Gasteiger partial charge in [0.2, 0.25) is 0 Å². The first-order chi connectivity index (χ1) is 13.6. The average Bonchev–Trinajstić information content (AvgIpc) is 3.48. The minimum Gasteiger partial charge on any atom is -0.297 e. The van der Waals surface area contributed by atoms with E-state index in [2.05, 4.69) is 35.4 Å². The van der Waals surface area contributed by atoms with Crippen LogP contribution in [0.4, 0.5) is 4.39 Å². The van der Waals surface area contributed by atoms with E-state index in [9.17, 15) is 4.39 Å². The van der Waals surface area contributed by atoms with Crippen LogP contribution in [-0.2, 0) is 13.2 Å². The molecule has 2 aromatic carbocycles. The summed E-state index contributed by atoms with van der Waals surface area (Å²) in [5.41, 5.74) is 1.75. The van der Waals surface area contributed by atoms with Crippen LogP contribution in [0.5, 0.6) is 0 Å². The molecule has 1 saturated carbocycles. The highest BCUT2D eigenvalue weighted by atomic mass is 32.2. The zero-order chi connectivity index (χ0) is 19.7. The number of hydrogen-bond acceptors (Lipinski definition) is 4. The smallest absolute Gasteiger partial charge is 0.199 e. The summed E-state index contributed by atoms with van der Waals surface area (Å²) in [6.45, 7) is 1.35. The van der Waals surface area contributed by atoms with Crippen LogP contribution in [0.1, 0.15) is 24.4 Å². The lowest BCUT2D eigenvalue weighted by Gasteiger charge is -2.16. The molecule has 1 heterocycles. The third kappa shape index (κ3) is 4.06. The minimum absolute atomic E-state index is 0.265. The van der Waals surface area contributed by atoms with Crippen LogP contribution in [0, 0.1) is 10.6 Å². The number of rotatable bonds is 7. The summed E-state index contributed by atoms with van der Waals surface area (Å²) in [5, 5.41) is 4.70. The van der Waals surface area contributed by atoms with Crippen molar-refractivity contribution in [1.82, 2.24) is 19.2 Å². The maximum absolute atomic E-state index is 14.4. The van der Waals surface area contributed by atoms with Gasteiger partial charge in [-0.25, -0.2) is 9.07 Å². The summed E-state index contributed by atoms with van der Waals surface area (Å²) in [4.78, 5) is 3.42. The van der Waals surface area contributed by atoms with Crippen LogP contribution in [0.3, 0.4) is 0 Å². The van der Waals surface area contributed by atoms with E-state index in [4.69, 9.17) is 17.3 Å². The van der Waals surface area contributed by atoms with E-state index in [-0.39, 0.29) is 5.82 Å².